The number of halogens is 3. The predicted octanol–water partition coefficient (Wildman–Crippen LogP) is 6.47. The van der Waals surface area contributed by atoms with Gasteiger partial charge in [0.2, 0.25) is 0 Å². The van der Waals surface area contributed by atoms with Crippen molar-refractivity contribution in [1.82, 2.24) is 4.90 Å². The van der Waals surface area contributed by atoms with Crippen LogP contribution in [-0.2, 0) is 19.3 Å². The Morgan fingerprint density at radius 3 is 2.00 bits per heavy atom. The second-order valence-corrected chi connectivity index (χ2v) is 12.1. The summed E-state index contributed by atoms with van der Waals surface area (Å²) in [6.45, 7) is 6.80. The Kier molecular flexibility index (Phi) is 9.04. The summed E-state index contributed by atoms with van der Waals surface area (Å²) in [5.74, 6) is 0.118. The first kappa shape index (κ1) is 30.1. The molecule has 13 heteroatoms. The van der Waals surface area contributed by atoms with E-state index in [2.05, 4.69) is 4.74 Å². The van der Waals surface area contributed by atoms with Crippen LogP contribution in [0.4, 0.5) is 22.8 Å². The summed E-state index contributed by atoms with van der Waals surface area (Å²) in [5.41, 5.74) is -0.834. The Hall–Kier alpha value is -3.48. The molecule has 1 heterocycles. The fourth-order valence-corrected chi connectivity index (χ4v) is 5.85. The van der Waals surface area contributed by atoms with Crippen molar-refractivity contribution >= 4 is 22.1 Å². The van der Waals surface area contributed by atoms with Gasteiger partial charge in [-0.3, -0.25) is 0 Å². The first-order chi connectivity index (χ1) is 18.1. The largest absolute Gasteiger partial charge is 0.573 e. The van der Waals surface area contributed by atoms with Gasteiger partial charge in [0.15, 0.2) is 9.84 Å². The highest BCUT2D eigenvalue weighted by molar-refractivity contribution is 7.92. The Morgan fingerprint density at radius 2 is 1.49 bits per heavy atom. The van der Waals surface area contributed by atoms with Crippen LogP contribution in [0.15, 0.2) is 53.4 Å². The Morgan fingerprint density at radius 1 is 0.949 bits per heavy atom. The number of benzene rings is 2. The SMILES string of the molecule is CCC1CC(S(=O)(=O)c2ccc(Oc3ccc(OC(F)(F)F)cc3)cc2)CCN1C(=O)OC(=O)OC(C)(C)C. The average molecular weight is 574 g/mol. The molecule has 39 heavy (non-hydrogen) atoms. The fourth-order valence-electron chi connectivity index (χ4n) is 4.06. The van der Waals surface area contributed by atoms with Crippen LogP contribution in [0.25, 0.3) is 0 Å². The summed E-state index contributed by atoms with van der Waals surface area (Å²) >= 11 is 0. The van der Waals surface area contributed by atoms with Crippen molar-refractivity contribution in [3.63, 3.8) is 0 Å². The number of likely N-dealkylation sites (tertiary alicyclic amines) is 1. The van der Waals surface area contributed by atoms with Gasteiger partial charge in [0.25, 0.3) is 0 Å². The van der Waals surface area contributed by atoms with Crippen LogP contribution >= 0.6 is 0 Å². The highest BCUT2D eigenvalue weighted by Crippen LogP contribution is 2.32. The molecule has 0 radical (unpaired) electrons. The van der Waals surface area contributed by atoms with Crippen LogP contribution in [0, 0.1) is 0 Å². The smallest absolute Gasteiger partial charge is 0.457 e. The normalized spacial score (nSPS) is 18.3. The van der Waals surface area contributed by atoms with E-state index in [-0.39, 0.29) is 35.8 Å². The number of nitrogens with zero attached hydrogens (tertiary/aromatic N) is 1. The molecule has 214 valence electrons. The van der Waals surface area contributed by atoms with E-state index in [9.17, 15) is 31.2 Å². The lowest BCUT2D eigenvalue weighted by atomic mass is 10.0. The van der Waals surface area contributed by atoms with Gasteiger partial charge < -0.3 is 23.8 Å². The first-order valence-electron chi connectivity index (χ1n) is 12.2. The van der Waals surface area contributed by atoms with Crippen molar-refractivity contribution in [1.29, 1.82) is 0 Å². The zero-order chi connectivity index (χ0) is 29.0. The molecule has 1 amide bonds. The van der Waals surface area contributed by atoms with Crippen LogP contribution in [0.2, 0.25) is 0 Å². The fraction of sp³-hybridized carbons (Fsp3) is 0.462. The second-order valence-electron chi connectivity index (χ2n) is 9.87. The van der Waals surface area contributed by atoms with Crippen LogP contribution < -0.4 is 9.47 Å². The van der Waals surface area contributed by atoms with E-state index in [0.717, 1.165) is 12.1 Å². The van der Waals surface area contributed by atoms with Crippen molar-refractivity contribution in [2.45, 2.75) is 75.1 Å². The molecule has 0 aliphatic carbocycles. The zero-order valence-electron chi connectivity index (χ0n) is 21.9. The van der Waals surface area contributed by atoms with E-state index < -0.39 is 51.1 Å². The monoisotopic (exact) mass is 573 g/mol. The molecule has 1 aliphatic heterocycles. The molecule has 0 aromatic heterocycles. The molecule has 2 unspecified atom stereocenters. The Labute approximate surface area is 224 Å². The lowest BCUT2D eigenvalue weighted by Gasteiger charge is -2.37. The average Bonchev–Trinajstić information content (AvgIpc) is 2.83. The predicted molar refractivity (Wildman–Crippen MR) is 133 cm³/mol. The van der Waals surface area contributed by atoms with Gasteiger partial charge in [-0.15, -0.1) is 13.2 Å². The number of alkyl halides is 3. The van der Waals surface area contributed by atoms with E-state index in [1.807, 2.05) is 0 Å². The van der Waals surface area contributed by atoms with Crippen molar-refractivity contribution in [2.75, 3.05) is 6.54 Å². The Bertz CT molecular complexity index is 1260. The second kappa shape index (κ2) is 11.7. The van der Waals surface area contributed by atoms with Gasteiger partial charge in [-0.25, -0.2) is 18.0 Å². The van der Waals surface area contributed by atoms with Gasteiger partial charge in [0.1, 0.15) is 22.8 Å². The number of hydrogen-bond donors (Lipinski definition) is 0. The van der Waals surface area contributed by atoms with Crippen molar-refractivity contribution < 1.29 is 50.1 Å². The van der Waals surface area contributed by atoms with Gasteiger partial charge in [-0.1, -0.05) is 6.92 Å². The van der Waals surface area contributed by atoms with E-state index in [1.54, 1.807) is 27.7 Å². The van der Waals surface area contributed by atoms with Gasteiger partial charge in [-0.2, -0.15) is 0 Å². The topological polar surface area (TPSA) is 108 Å². The minimum absolute atomic E-state index is 0.0633. The number of hydrogen-bond acceptors (Lipinski definition) is 8. The minimum atomic E-state index is -4.80. The molecule has 1 fully saturated rings. The molecule has 1 aliphatic rings. The molecule has 3 rings (SSSR count). The summed E-state index contributed by atoms with van der Waals surface area (Å²) in [6, 6.07) is 9.97. The lowest BCUT2D eigenvalue weighted by Crippen LogP contribution is -2.49. The summed E-state index contributed by atoms with van der Waals surface area (Å²) in [7, 11) is -3.76. The van der Waals surface area contributed by atoms with Crippen molar-refractivity contribution in [3.05, 3.63) is 48.5 Å². The molecule has 2 aromatic rings. The van der Waals surface area contributed by atoms with Gasteiger partial charge in [0.05, 0.1) is 10.1 Å². The molecule has 2 aromatic carbocycles. The minimum Gasteiger partial charge on any atom is -0.457 e. The highest BCUT2D eigenvalue weighted by atomic mass is 32.2. The first-order valence-corrected chi connectivity index (χ1v) is 13.7. The quantitative estimate of drug-likeness (QED) is 0.286. The Balaban J connectivity index is 1.63. The summed E-state index contributed by atoms with van der Waals surface area (Å²) in [6.07, 6.45) is -6.05. The van der Waals surface area contributed by atoms with Crippen molar-refractivity contribution in [3.8, 4) is 17.2 Å². The zero-order valence-corrected chi connectivity index (χ0v) is 22.7. The van der Waals surface area contributed by atoms with Crippen LogP contribution in [-0.4, -0.2) is 55.4 Å². The molecular formula is C26H30F3NO8S. The third-order valence-corrected chi connectivity index (χ3v) is 8.05. The van der Waals surface area contributed by atoms with E-state index in [0.29, 0.717) is 6.42 Å². The number of ether oxygens (including phenoxy) is 4. The van der Waals surface area contributed by atoms with Crippen LogP contribution in [0.3, 0.4) is 0 Å². The van der Waals surface area contributed by atoms with Gasteiger partial charge in [-0.05, 0) is 88.6 Å². The van der Waals surface area contributed by atoms with Crippen LogP contribution in [0.5, 0.6) is 17.2 Å². The number of piperidine rings is 1. The molecule has 0 bridgehead atoms. The number of carbonyl (C=O) groups excluding carboxylic acids is 2. The van der Waals surface area contributed by atoms with Crippen LogP contribution in [0.1, 0.15) is 47.0 Å². The summed E-state index contributed by atoms with van der Waals surface area (Å²) in [5, 5.41) is -0.763. The number of rotatable bonds is 6. The van der Waals surface area contributed by atoms with Gasteiger partial charge >= 0.3 is 18.6 Å². The molecule has 1 saturated heterocycles. The lowest BCUT2D eigenvalue weighted by molar-refractivity contribution is -0.274. The highest BCUT2D eigenvalue weighted by Gasteiger charge is 2.39. The maximum Gasteiger partial charge on any atom is 0.573 e. The van der Waals surface area contributed by atoms with Crippen molar-refractivity contribution in [2.24, 2.45) is 0 Å². The molecule has 9 nitrogen and oxygen atoms in total. The third kappa shape index (κ3) is 8.50. The molecule has 0 spiro atoms. The summed E-state index contributed by atoms with van der Waals surface area (Å²) in [4.78, 5) is 25.8. The third-order valence-electron chi connectivity index (χ3n) is 5.82. The maximum atomic E-state index is 13.3. The van der Waals surface area contributed by atoms with Gasteiger partial charge in [0, 0.05) is 12.6 Å². The number of sulfone groups is 1. The summed E-state index contributed by atoms with van der Waals surface area (Å²) < 4.78 is 82.8. The van der Waals surface area contributed by atoms with E-state index >= 15 is 0 Å². The molecule has 0 saturated carbocycles. The molecular weight excluding hydrogens is 543 g/mol. The number of amides is 1. The standard InChI is InChI=1S/C26H30F3NO8S/c1-5-17-16-22(14-15-30(17)23(31)36-24(32)38-25(2,3)4)39(33,34)21-12-10-19(11-13-21)35-18-6-8-20(9-7-18)37-26(27,28)29/h6-13,17,22H,5,14-16H2,1-4H3. The number of carbonyl (C=O) groups is 2. The maximum absolute atomic E-state index is 13.3. The molecule has 2 atom stereocenters. The molecule has 0 N–H and O–H groups in total. The van der Waals surface area contributed by atoms with E-state index in [1.165, 1.54) is 41.3 Å². The van der Waals surface area contributed by atoms with E-state index in [4.69, 9.17) is 14.2 Å².